The van der Waals surface area contributed by atoms with Gasteiger partial charge in [-0.3, -0.25) is 0 Å². The molecule has 0 amide bonds. The Labute approximate surface area is 136 Å². The minimum atomic E-state index is -0.410. The predicted molar refractivity (Wildman–Crippen MR) is 88.0 cm³/mol. The maximum Gasteiger partial charge on any atom is 0.350 e. The van der Waals surface area contributed by atoms with Gasteiger partial charge in [0.25, 0.3) is 0 Å². The van der Waals surface area contributed by atoms with E-state index in [4.69, 9.17) is 19.9 Å². The normalized spacial score (nSPS) is 12.5. The number of fused-ring (bicyclic) bond motifs is 1. The lowest BCUT2D eigenvalue weighted by Gasteiger charge is -2.05. The number of rotatable bonds is 4. The zero-order valence-corrected chi connectivity index (χ0v) is 13.8. The van der Waals surface area contributed by atoms with Crippen LogP contribution in [0, 0.1) is 0 Å². The van der Waals surface area contributed by atoms with Crippen LogP contribution in [0.4, 0.5) is 5.69 Å². The van der Waals surface area contributed by atoms with Crippen LogP contribution in [0.15, 0.2) is 23.1 Å². The van der Waals surface area contributed by atoms with Crippen molar-refractivity contribution in [2.75, 3.05) is 25.4 Å². The molecule has 22 heavy (non-hydrogen) atoms. The van der Waals surface area contributed by atoms with Crippen LogP contribution in [-0.2, 0) is 4.74 Å². The first kappa shape index (κ1) is 15.1. The summed E-state index contributed by atoms with van der Waals surface area (Å²) in [5, 5.41) is 0. The average molecular weight is 337 g/mol. The van der Waals surface area contributed by atoms with Crippen LogP contribution in [0.25, 0.3) is 10.4 Å². The molecular formula is C15H15NO4S2. The smallest absolute Gasteiger partial charge is 0.350 e. The van der Waals surface area contributed by atoms with Gasteiger partial charge in [0.2, 0.25) is 6.79 Å². The van der Waals surface area contributed by atoms with Gasteiger partial charge in [0.1, 0.15) is 4.88 Å². The minimum Gasteiger partial charge on any atom is -0.465 e. The van der Waals surface area contributed by atoms with Gasteiger partial charge < -0.3 is 19.9 Å². The highest BCUT2D eigenvalue weighted by Crippen LogP contribution is 2.46. The van der Waals surface area contributed by atoms with Crippen molar-refractivity contribution in [1.29, 1.82) is 0 Å². The summed E-state index contributed by atoms with van der Waals surface area (Å²) in [7, 11) is 1.36. The highest BCUT2D eigenvalue weighted by atomic mass is 32.2. The average Bonchev–Trinajstić information content (AvgIpc) is 3.12. The van der Waals surface area contributed by atoms with E-state index < -0.39 is 5.97 Å². The number of thioether (sulfide) groups is 1. The highest BCUT2D eigenvalue weighted by Gasteiger charge is 2.24. The maximum absolute atomic E-state index is 11.9. The summed E-state index contributed by atoms with van der Waals surface area (Å²) in [6, 6.07) is 5.72. The summed E-state index contributed by atoms with van der Waals surface area (Å²) in [4.78, 5) is 14.2. The number of nitrogens with two attached hydrogens (primary N) is 1. The molecule has 1 aromatic carbocycles. The zero-order valence-electron chi connectivity index (χ0n) is 12.2. The SMILES string of the molecule is CCSc1c(-c2ccc3c(c2)OCO3)sc(C(=O)OC)c1N. The quantitative estimate of drug-likeness (QED) is 0.679. The number of benzene rings is 1. The molecule has 0 fully saturated rings. The Morgan fingerprint density at radius 3 is 2.91 bits per heavy atom. The number of carbonyl (C=O) groups is 1. The van der Waals surface area contributed by atoms with Crippen molar-refractivity contribution in [3.05, 3.63) is 23.1 Å². The van der Waals surface area contributed by atoms with Gasteiger partial charge in [-0.05, 0) is 29.5 Å². The van der Waals surface area contributed by atoms with E-state index >= 15 is 0 Å². The Kier molecular flexibility index (Phi) is 4.17. The molecule has 0 atom stereocenters. The van der Waals surface area contributed by atoms with Crippen LogP contribution in [0.1, 0.15) is 16.6 Å². The second-order valence-corrected chi connectivity index (χ2v) is 6.79. The Bertz CT molecular complexity index is 727. The number of hydrogen-bond donors (Lipinski definition) is 1. The van der Waals surface area contributed by atoms with Crippen molar-refractivity contribution in [3.63, 3.8) is 0 Å². The van der Waals surface area contributed by atoms with Gasteiger partial charge in [0, 0.05) is 4.90 Å². The van der Waals surface area contributed by atoms with Gasteiger partial charge in [0.15, 0.2) is 11.5 Å². The number of ether oxygens (including phenoxy) is 3. The molecule has 7 heteroatoms. The Hall–Kier alpha value is -1.86. The minimum absolute atomic E-state index is 0.231. The van der Waals surface area contributed by atoms with E-state index in [2.05, 4.69) is 0 Å². The maximum atomic E-state index is 11.9. The van der Waals surface area contributed by atoms with E-state index in [0.717, 1.165) is 26.8 Å². The summed E-state index contributed by atoms with van der Waals surface area (Å²) < 4.78 is 15.6. The van der Waals surface area contributed by atoms with Crippen molar-refractivity contribution in [2.24, 2.45) is 0 Å². The molecule has 0 aliphatic carbocycles. The number of nitrogen functional groups attached to an aromatic ring is 1. The van der Waals surface area contributed by atoms with E-state index in [1.54, 1.807) is 11.8 Å². The van der Waals surface area contributed by atoms with Crippen molar-refractivity contribution < 1.29 is 19.0 Å². The second kappa shape index (κ2) is 6.10. The molecule has 2 N–H and O–H groups in total. The molecule has 0 spiro atoms. The lowest BCUT2D eigenvalue weighted by molar-refractivity contribution is 0.0607. The molecule has 1 aromatic heterocycles. The number of thiophene rings is 1. The van der Waals surface area contributed by atoms with E-state index in [-0.39, 0.29) is 6.79 Å². The van der Waals surface area contributed by atoms with Crippen LogP contribution in [0.3, 0.4) is 0 Å². The van der Waals surface area contributed by atoms with Gasteiger partial charge in [-0.1, -0.05) is 6.92 Å². The molecule has 0 saturated carbocycles. The molecule has 0 saturated heterocycles. The van der Waals surface area contributed by atoms with E-state index in [1.165, 1.54) is 18.4 Å². The lowest BCUT2D eigenvalue weighted by atomic mass is 10.1. The second-order valence-electron chi connectivity index (χ2n) is 4.50. The third-order valence-corrected chi connectivity index (χ3v) is 5.56. The molecule has 1 aliphatic rings. The summed E-state index contributed by atoms with van der Waals surface area (Å²) in [5.74, 6) is 1.88. The summed E-state index contributed by atoms with van der Waals surface area (Å²) in [6.45, 7) is 2.28. The van der Waals surface area contributed by atoms with Gasteiger partial charge in [-0.25, -0.2) is 4.79 Å². The lowest BCUT2D eigenvalue weighted by Crippen LogP contribution is -2.01. The Balaban J connectivity index is 2.11. The van der Waals surface area contributed by atoms with Gasteiger partial charge >= 0.3 is 5.97 Å². The molecule has 0 radical (unpaired) electrons. The fourth-order valence-corrected chi connectivity index (χ4v) is 4.38. The monoisotopic (exact) mass is 337 g/mol. The van der Waals surface area contributed by atoms with Crippen LogP contribution < -0.4 is 15.2 Å². The van der Waals surface area contributed by atoms with Crippen molar-refractivity contribution >= 4 is 34.8 Å². The van der Waals surface area contributed by atoms with Crippen LogP contribution >= 0.6 is 23.1 Å². The highest BCUT2D eigenvalue weighted by molar-refractivity contribution is 7.99. The molecule has 3 rings (SSSR count). The molecule has 116 valence electrons. The number of hydrogen-bond acceptors (Lipinski definition) is 7. The summed E-state index contributed by atoms with van der Waals surface area (Å²) in [5.41, 5.74) is 7.58. The van der Waals surface area contributed by atoms with E-state index in [1.807, 2.05) is 25.1 Å². The van der Waals surface area contributed by atoms with Gasteiger partial charge in [-0.15, -0.1) is 23.1 Å². The molecule has 5 nitrogen and oxygen atoms in total. The zero-order chi connectivity index (χ0) is 15.7. The standard InChI is InChI=1S/C15H15NO4S2/c1-3-21-13-11(16)14(15(17)18-2)22-12(13)8-4-5-9-10(6-8)20-7-19-9/h4-6H,3,7,16H2,1-2H3. The number of methoxy groups -OCH3 is 1. The molecule has 0 unspecified atom stereocenters. The van der Waals surface area contributed by atoms with E-state index in [9.17, 15) is 4.79 Å². The molecule has 0 bridgehead atoms. The molecule has 1 aliphatic heterocycles. The number of esters is 1. The van der Waals surface area contributed by atoms with Crippen molar-refractivity contribution in [3.8, 4) is 21.9 Å². The predicted octanol–water partition coefficient (Wildman–Crippen LogP) is 3.62. The summed E-state index contributed by atoms with van der Waals surface area (Å²) >= 11 is 2.95. The Morgan fingerprint density at radius 1 is 1.41 bits per heavy atom. The van der Waals surface area contributed by atoms with Crippen LogP contribution in [0.5, 0.6) is 11.5 Å². The first-order valence-corrected chi connectivity index (χ1v) is 8.49. The number of anilines is 1. The third-order valence-electron chi connectivity index (χ3n) is 3.19. The molecular weight excluding hydrogens is 322 g/mol. The third kappa shape index (κ3) is 2.50. The van der Waals surface area contributed by atoms with Gasteiger partial charge in [-0.2, -0.15) is 0 Å². The van der Waals surface area contributed by atoms with Crippen LogP contribution in [0.2, 0.25) is 0 Å². The molecule has 2 heterocycles. The largest absolute Gasteiger partial charge is 0.465 e. The van der Waals surface area contributed by atoms with E-state index in [0.29, 0.717) is 16.3 Å². The fourth-order valence-electron chi connectivity index (χ4n) is 2.19. The van der Waals surface area contributed by atoms with Gasteiger partial charge in [0.05, 0.1) is 17.7 Å². The molecule has 2 aromatic rings. The topological polar surface area (TPSA) is 70.8 Å². The fraction of sp³-hybridized carbons (Fsp3) is 0.267. The first-order valence-electron chi connectivity index (χ1n) is 6.69. The Morgan fingerprint density at radius 2 is 2.18 bits per heavy atom. The van der Waals surface area contributed by atoms with Crippen molar-refractivity contribution in [1.82, 2.24) is 0 Å². The van der Waals surface area contributed by atoms with Crippen LogP contribution in [-0.4, -0.2) is 25.6 Å². The number of carbonyl (C=O) groups excluding carboxylic acids is 1. The first-order chi connectivity index (χ1) is 10.7. The summed E-state index contributed by atoms with van der Waals surface area (Å²) in [6.07, 6.45) is 0. The van der Waals surface area contributed by atoms with Crippen molar-refractivity contribution in [2.45, 2.75) is 11.8 Å².